The fourth-order valence-corrected chi connectivity index (χ4v) is 4.55. The molecule has 30 heavy (non-hydrogen) atoms. The highest BCUT2D eigenvalue weighted by molar-refractivity contribution is 6.74. The van der Waals surface area contributed by atoms with Crippen LogP contribution in [0.3, 0.4) is 0 Å². The molecule has 0 bridgehead atoms. The van der Waals surface area contributed by atoms with Gasteiger partial charge in [-0.2, -0.15) is 0 Å². The summed E-state index contributed by atoms with van der Waals surface area (Å²) in [7, 11) is -1.93. The number of aromatic nitrogens is 3. The van der Waals surface area contributed by atoms with Crippen molar-refractivity contribution in [3.8, 4) is 11.1 Å². The Kier molecular flexibility index (Phi) is 6.46. The third kappa shape index (κ3) is 4.80. The smallest absolute Gasteiger partial charge is 0.193 e. The lowest BCUT2D eigenvalue weighted by Crippen LogP contribution is -2.41. The Morgan fingerprint density at radius 2 is 1.83 bits per heavy atom. The highest BCUT2D eigenvalue weighted by Gasteiger charge is 2.39. The SMILES string of the molecule is C=CCC(O[Si](C)(C)C(C)(C)C)c1cc(C)c(-c2cnc3cc(Cl)ncc3c2)cn1. The summed E-state index contributed by atoms with van der Waals surface area (Å²) in [5, 5.41) is 1.53. The maximum atomic E-state index is 6.67. The minimum atomic E-state index is -1.93. The van der Waals surface area contributed by atoms with Crippen LogP contribution in [0, 0.1) is 6.92 Å². The zero-order valence-corrected chi connectivity index (χ0v) is 20.4. The molecule has 1 unspecified atom stereocenters. The quantitative estimate of drug-likeness (QED) is 0.230. The maximum absolute atomic E-state index is 6.67. The van der Waals surface area contributed by atoms with Gasteiger partial charge in [-0.1, -0.05) is 38.4 Å². The van der Waals surface area contributed by atoms with Crippen molar-refractivity contribution in [1.82, 2.24) is 15.0 Å². The zero-order chi connectivity index (χ0) is 22.1. The van der Waals surface area contributed by atoms with E-state index in [1.54, 1.807) is 12.3 Å². The Morgan fingerprint density at radius 1 is 1.10 bits per heavy atom. The van der Waals surface area contributed by atoms with Crippen LogP contribution in [0.4, 0.5) is 0 Å². The van der Waals surface area contributed by atoms with Gasteiger partial charge in [0.05, 0.1) is 17.3 Å². The number of hydrogen-bond acceptors (Lipinski definition) is 4. The highest BCUT2D eigenvalue weighted by Crippen LogP contribution is 2.40. The normalized spacial score (nSPS) is 13.4. The fraction of sp³-hybridized carbons (Fsp3) is 0.375. The summed E-state index contributed by atoms with van der Waals surface area (Å²) < 4.78 is 6.67. The number of hydrogen-bond donors (Lipinski definition) is 0. The molecule has 0 amide bonds. The second-order valence-corrected chi connectivity index (χ2v) is 14.4. The molecular weight excluding hydrogens is 410 g/mol. The average Bonchev–Trinajstić information content (AvgIpc) is 2.66. The van der Waals surface area contributed by atoms with Gasteiger partial charge in [-0.25, -0.2) is 4.98 Å². The molecule has 6 heteroatoms. The molecule has 1 atom stereocenters. The molecule has 0 N–H and O–H groups in total. The standard InChI is InChI=1S/C24H30ClN3OSi/c1-8-9-22(29-30(6,7)24(3,4)5)21-10-16(2)19(15-27-21)17-11-18-14-28-23(25)12-20(18)26-13-17/h8,10-15,22H,1,9H2,2-7H3. The third-order valence-electron chi connectivity index (χ3n) is 5.93. The summed E-state index contributed by atoms with van der Waals surface area (Å²) in [5.74, 6) is 0. The van der Waals surface area contributed by atoms with Crippen LogP contribution in [-0.2, 0) is 4.43 Å². The van der Waals surface area contributed by atoms with E-state index in [9.17, 15) is 0 Å². The Bertz CT molecular complexity index is 1080. The molecule has 0 saturated carbocycles. The molecule has 3 heterocycles. The Labute approximate surface area is 185 Å². The van der Waals surface area contributed by atoms with Crippen molar-refractivity contribution in [2.45, 2.75) is 58.4 Å². The number of pyridine rings is 3. The van der Waals surface area contributed by atoms with E-state index < -0.39 is 8.32 Å². The maximum Gasteiger partial charge on any atom is 0.193 e. The van der Waals surface area contributed by atoms with Crippen molar-refractivity contribution >= 4 is 30.8 Å². The van der Waals surface area contributed by atoms with Crippen molar-refractivity contribution in [3.63, 3.8) is 0 Å². The number of rotatable bonds is 6. The minimum absolute atomic E-state index is 0.0859. The minimum Gasteiger partial charge on any atom is -0.408 e. The molecule has 0 aliphatic heterocycles. The van der Waals surface area contributed by atoms with Gasteiger partial charge in [0.15, 0.2) is 8.32 Å². The molecule has 0 fully saturated rings. The predicted octanol–water partition coefficient (Wildman–Crippen LogP) is 7.29. The first-order valence-electron chi connectivity index (χ1n) is 10.2. The summed E-state index contributed by atoms with van der Waals surface area (Å²) in [6, 6.07) is 5.97. The summed E-state index contributed by atoms with van der Waals surface area (Å²) in [4.78, 5) is 13.5. The number of halogens is 1. The first kappa shape index (κ1) is 22.6. The monoisotopic (exact) mass is 439 g/mol. The van der Waals surface area contributed by atoms with Gasteiger partial charge < -0.3 is 4.43 Å². The molecule has 0 spiro atoms. The second-order valence-electron chi connectivity index (χ2n) is 9.24. The predicted molar refractivity (Wildman–Crippen MR) is 128 cm³/mol. The molecule has 0 saturated heterocycles. The molecule has 0 aliphatic rings. The Hall–Kier alpha value is -2.08. The van der Waals surface area contributed by atoms with Crippen LogP contribution >= 0.6 is 11.6 Å². The molecule has 0 aliphatic carbocycles. The fourth-order valence-electron chi connectivity index (χ4n) is 3.11. The van der Waals surface area contributed by atoms with E-state index in [4.69, 9.17) is 21.0 Å². The van der Waals surface area contributed by atoms with Crippen LogP contribution in [-0.4, -0.2) is 23.3 Å². The van der Waals surface area contributed by atoms with Crippen LogP contribution in [0.2, 0.25) is 23.3 Å². The molecule has 3 aromatic heterocycles. The van der Waals surface area contributed by atoms with E-state index in [1.807, 2.05) is 18.5 Å². The molecule has 0 aromatic carbocycles. The zero-order valence-electron chi connectivity index (χ0n) is 18.7. The van der Waals surface area contributed by atoms with Gasteiger partial charge in [-0.3, -0.25) is 9.97 Å². The number of aryl methyl sites for hydroxylation is 1. The van der Waals surface area contributed by atoms with Gasteiger partial charge in [0.1, 0.15) is 5.15 Å². The van der Waals surface area contributed by atoms with Crippen molar-refractivity contribution < 1.29 is 4.43 Å². The number of fused-ring (bicyclic) bond motifs is 1. The van der Waals surface area contributed by atoms with E-state index in [-0.39, 0.29) is 11.1 Å². The van der Waals surface area contributed by atoms with Crippen molar-refractivity contribution in [2.75, 3.05) is 0 Å². The van der Waals surface area contributed by atoms with Gasteiger partial charge in [-0.15, -0.1) is 6.58 Å². The summed E-state index contributed by atoms with van der Waals surface area (Å²) in [6.07, 6.45) is 8.09. The van der Waals surface area contributed by atoms with Crippen LogP contribution in [0.5, 0.6) is 0 Å². The lowest BCUT2D eigenvalue weighted by Gasteiger charge is -2.39. The van der Waals surface area contributed by atoms with Gasteiger partial charge in [0.2, 0.25) is 0 Å². The largest absolute Gasteiger partial charge is 0.408 e. The van der Waals surface area contributed by atoms with Crippen LogP contribution in [0.1, 0.15) is 44.6 Å². The molecule has 4 nitrogen and oxygen atoms in total. The van der Waals surface area contributed by atoms with E-state index >= 15 is 0 Å². The van der Waals surface area contributed by atoms with Gasteiger partial charge in [0, 0.05) is 41.2 Å². The van der Waals surface area contributed by atoms with E-state index in [1.165, 1.54) is 0 Å². The summed E-state index contributed by atoms with van der Waals surface area (Å²) in [5.41, 5.74) is 4.97. The number of nitrogens with zero attached hydrogens (tertiary/aromatic N) is 3. The molecule has 0 radical (unpaired) electrons. The van der Waals surface area contributed by atoms with Gasteiger partial charge in [0.25, 0.3) is 0 Å². The van der Waals surface area contributed by atoms with Crippen molar-refractivity contribution in [1.29, 1.82) is 0 Å². The highest BCUT2D eigenvalue weighted by atomic mass is 35.5. The topological polar surface area (TPSA) is 47.9 Å². The third-order valence-corrected chi connectivity index (χ3v) is 10.6. The van der Waals surface area contributed by atoms with Crippen LogP contribution in [0.25, 0.3) is 22.0 Å². The lowest BCUT2D eigenvalue weighted by molar-refractivity contribution is 0.182. The van der Waals surface area contributed by atoms with E-state index in [2.05, 4.69) is 69.5 Å². The van der Waals surface area contributed by atoms with Gasteiger partial charge >= 0.3 is 0 Å². The molecule has 3 aromatic rings. The second kappa shape index (κ2) is 8.58. The lowest BCUT2D eigenvalue weighted by atomic mass is 10.0. The summed E-state index contributed by atoms with van der Waals surface area (Å²) >= 11 is 5.97. The Balaban J connectivity index is 1.95. The van der Waals surface area contributed by atoms with Crippen LogP contribution < -0.4 is 0 Å². The molecule has 158 valence electrons. The van der Waals surface area contributed by atoms with Gasteiger partial charge in [-0.05, 0) is 49.2 Å². The first-order valence-corrected chi connectivity index (χ1v) is 13.5. The Morgan fingerprint density at radius 3 is 2.47 bits per heavy atom. The first-order chi connectivity index (χ1) is 14.0. The molecular formula is C24H30ClN3OSi. The summed E-state index contributed by atoms with van der Waals surface area (Å²) in [6.45, 7) is 17.3. The van der Waals surface area contributed by atoms with Crippen molar-refractivity contribution in [3.05, 3.63) is 65.9 Å². The van der Waals surface area contributed by atoms with Crippen LogP contribution in [0.15, 0.2) is 49.4 Å². The van der Waals surface area contributed by atoms with E-state index in [0.29, 0.717) is 5.15 Å². The van der Waals surface area contributed by atoms with E-state index in [0.717, 1.165) is 39.7 Å². The average molecular weight is 440 g/mol. The molecule has 3 rings (SSSR count). The van der Waals surface area contributed by atoms with Crippen molar-refractivity contribution in [2.24, 2.45) is 0 Å².